The molecule has 0 aromatic carbocycles. The molecule has 1 aliphatic carbocycles. The van der Waals surface area contributed by atoms with Gasteiger partial charge in [-0.2, -0.15) is 10.2 Å². The second-order valence-corrected chi connectivity index (χ2v) is 5.17. The molecular formula is C12H14ClN5O. The molecule has 2 heterocycles. The van der Waals surface area contributed by atoms with E-state index in [1.54, 1.807) is 12.4 Å². The first-order chi connectivity index (χ1) is 9.24. The van der Waals surface area contributed by atoms with E-state index in [0.29, 0.717) is 29.7 Å². The van der Waals surface area contributed by atoms with Crippen molar-refractivity contribution in [3.05, 3.63) is 39.5 Å². The lowest BCUT2D eigenvalue weighted by atomic mass is 10.3. The fourth-order valence-electron chi connectivity index (χ4n) is 1.87. The maximum absolute atomic E-state index is 12.2. The van der Waals surface area contributed by atoms with Crippen molar-refractivity contribution in [1.29, 1.82) is 0 Å². The molecule has 0 radical (unpaired) electrons. The van der Waals surface area contributed by atoms with Crippen LogP contribution in [-0.2, 0) is 13.1 Å². The second kappa shape index (κ2) is 5.05. The number of anilines is 1. The van der Waals surface area contributed by atoms with Gasteiger partial charge in [0.2, 0.25) is 0 Å². The summed E-state index contributed by atoms with van der Waals surface area (Å²) in [6.45, 7) is 1.18. The molecule has 0 unspecified atom stereocenters. The number of aromatic nitrogens is 4. The van der Waals surface area contributed by atoms with Crippen LogP contribution < -0.4 is 10.9 Å². The Hall–Kier alpha value is -1.82. The molecule has 1 fully saturated rings. The van der Waals surface area contributed by atoms with Crippen molar-refractivity contribution in [2.24, 2.45) is 5.92 Å². The highest BCUT2D eigenvalue weighted by Gasteiger charge is 2.23. The molecule has 0 saturated heterocycles. The van der Waals surface area contributed by atoms with Crippen LogP contribution in [0.25, 0.3) is 0 Å². The molecular weight excluding hydrogens is 266 g/mol. The number of halogens is 1. The summed E-state index contributed by atoms with van der Waals surface area (Å²) in [5.74, 6) is 0.591. The normalized spacial score (nSPS) is 14.6. The van der Waals surface area contributed by atoms with E-state index in [4.69, 9.17) is 11.6 Å². The Morgan fingerprint density at radius 1 is 1.47 bits per heavy atom. The Balaban J connectivity index is 1.80. The third-order valence-electron chi connectivity index (χ3n) is 3.15. The molecule has 7 heteroatoms. The molecule has 2 aromatic rings. The number of hydrogen-bond donors (Lipinski definition) is 2. The minimum atomic E-state index is -0.164. The molecule has 0 atom stereocenters. The van der Waals surface area contributed by atoms with Gasteiger partial charge >= 0.3 is 0 Å². The van der Waals surface area contributed by atoms with Gasteiger partial charge in [-0.25, -0.2) is 4.68 Å². The van der Waals surface area contributed by atoms with Crippen molar-refractivity contribution >= 4 is 17.3 Å². The van der Waals surface area contributed by atoms with E-state index in [9.17, 15) is 4.79 Å². The van der Waals surface area contributed by atoms with Crippen LogP contribution in [0.1, 0.15) is 18.4 Å². The van der Waals surface area contributed by atoms with Gasteiger partial charge in [0.1, 0.15) is 5.69 Å². The first-order valence-corrected chi connectivity index (χ1v) is 6.59. The maximum atomic E-state index is 12.2. The van der Waals surface area contributed by atoms with Gasteiger partial charge in [0.25, 0.3) is 5.56 Å². The van der Waals surface area contributed by atoms with E-state index in [1.165, 1.54) is 23.7 Å². The highest BCUT2D eigenvalue weighted by molar-refractivity contribution is 6.32. The van der Waals surface area contributed by atoms with Crippen molar-refractivity contribution in [2.45, 2.75) is 25.9 Å². The van der Waals surface area contributed by atoms with Gasteiger partial charge < -0.3 is 5.32 Å². The fourth-order valence-corrected chi connectivity index (χ4v) is 2.06. The van der Waals surface area contributed by atoms with Crippen molar-refractivity contribution in [3.63, 3.8) is 0 Å². The van der Waals surface area contributed by atoms with Crippen LogP contribution >= 0.6 is 11.6 Å². The van der Waals surface area contributed by atoms with Crippen LogP contribution in [0.3, 0.4) is 0 Å². The first-order valence-electron chi connectivity index (χ1n) is 6.21. The zero-order chi connectivity index (χ0) is 13.2. The van der Waals surface area contributed by atoms with E-state index < -0.39 is 0 Å². The summed E-state index contributed by atoms with van der Waals surface area (Å²) in [6, 6.07) is 0. The van der Waals surface area contributed by atoms with E-state index in [-0.39, 0.29) is 5.56 Å². The quantitative estimate of drug-likeness (QED) is 0.872. The van der Waals surface area contributed by atoms with Crippen LogP contribution in [0.4, 0.5) is 5.69 Å². The van der Waals surface area contributed by atoms with Gasteiger partial charge in [-0.3, -0.25) is 9.89 Å². The molecule has 6 nitrogen and oxygen atoms in total. The Labute approximate surface area is 114 Å². The van der Waals surface area contributed by atoms with Crippen LogP contribution in [0.15, 0.2) is 23.4 Å². The number of nitrogens with zero attached hydrogens (tertiary/aromatic N) is 3. The minimum absolute atomic E-state index is 0.164. The highest BCUT2D eigenvalue weighted by Crippen LogP contribution is 2.30. The zero-order valence-electron chi connectivity index (χ0n) is 10.3. The summed E-state index contributed by atoms with van der Waals surface area (Å²) in [7, 11) is 0. The average molecular weight is 280 g/mol. The van der Waals surface area contributed by atoms with Crippen LogP contribution in [0, 0.1) is 5.92 Å². The molecule has 0 amide bonds. The molecule has 1 saturated carbocycles. The number of aromatic amines is 1. The SMILES string of the molecule is O=c1c(NCc2cn[nH]c2)c(Cl)cnn1CC1CC1. The lowest BCUT2D eigenvalue weighted by Crippen LogP contribution is -2.26. The van der Waals surface area contributed by atoms with E-state index in [0.717, 1.165) is 5.56 Å². The third-order valence-corrected chi connectivity index (χ3v) is 3.44. The van der Waals surface area contributed by atoms with E-state index in [2.05, 4.69) is 20.6 Å². The smallest absolute Gasteiger partial charge is 0.291 e. The van der Waals surface area contributed by atoms with Crippen molar-refractivity contribution in [3.8, 4) is 0 Å². The Morgan fingerprint density at radius 2 is 2.32 bits per heavy atom. The first kappa shape index (κ1) is 12.2. The van der Waals surface area contributed by atoms with Crippen molar-refractivity contribution < 1.29 is 0 Å². The predicted molar refractivity (Wildman–Crippen MR) is 72.1 cm³/mol. The summed E-state index contributed by atoms with van der Waals surface area (Å²) in [6.07, 6.45) is 7.34. The highest BCUT2D eigenvalue weighted by atomic mass is 35.5. The van der Waals surface area contributed by atoms with Gasteiger partial charge in [0, 0.05) is 24.8 Å². The van der Waals surface area contributed by atoms with Crippen LogP contribution in [0.5, 0.6) is 0 Å². The number of hydrogen-bond acceptors (Lipinski definition) is 4. The summed E-state index contributed by atoms with van der Waals surface area (Å²) in [5.41, 5.74) is 1.20. The topological polar surface area (TPSA) is 75.6 Å². The van der Waals surface area contributed by atoms with Gasteiger partial charge in [-0.05, 0) is 18.8 Å². The van der Waals surface area contributed by atoms with Gasteiger partial charge in [0.05, 0.1) is 17.4 Å². The molecule has 19 heavy (non-hydrogen) atoms. The van der Waals surface area contributed by atoms with Gasteiger partial charge in [-0.15, -0.1) is 0 Å². The van der Waals surface area contributed by atoms with Gasteiger partial charge in [0.15, 0.2) is 0 Å². The van der Waals surface area contributed by atoms with Crippen molar-refractivity contribution in [2.75, 3.05) is 5.32 Å². The molecule has 3 rings (SSSR count). The molecule has 2 N–H and O–H groups in total. The number of H-pyrrole nitrogens is 1. The Kier molecular flexibility index (Phi) is 3.25. The second-order valence-electron chi connectivity index (χ2n) is 4.76. The lowest BCUT2D eigenvalue weighted by Gasteiger charge is -2.09. The molecule has 0 bridgehead atoms. The molecule has 0 spiro atoms. The lowest BCUT2D eigenvalue weighted by molar-refractivity contribution is 0.534. The average Bonchev–Trinajstić information content (AvgIpc) is 3.06. The maximum Gasteiger partial charge on any atom is 0.291 e. The fraction of sp³-hybridized carbons (Fsp3) is 0.417. The molecule has 0 aliphatic heterocycles. The predicted octanol–water partition coefficient (Wildman–Crippen LogP) is 1.64. The minimum Gasteiger partial charge on any atom is -0.375 e. The van der Waals surface area contributed by atoms with Gasteiger partial charge in [-0.1, -0.05) is 11.6 Å². The molecule has 1 aliphatic rings. The number of rotatable bonds is 5. The van der Waals surface area contributed by atoms with Crippen LogP contribution in [-0.4, -0.2) is 20.0 Å². The summed E-state index contributed by atoms with van der Waals surface area (Å²) >= 11 is 6.03. The van der Waals surface area contributed by atoms with E-state index in [1.807, 2.05) is 0 Å². The summed E-state index contributed by atoms with van der Waals surface area (Å²) in [4.78, 5) is 12.2. The standard InChI is InChI=1S/C12H14ClN5O/c13-10-6-17-18(7-8-1-2-8)12(19)11(10)14-3-9-4-15-16-5-9/h4-6,8,14H,1-3,7H2,(H,15,16). The zero-order valence-corrected chi connectivity index (χ0v) is 11.0. The van der Waals surface area contributed by atoms with E-state index >= 15 is 0 Å². The largest absolute Gasteiger partial charge is 0.375 e. The summed E-state index contributed by atoms with van der Waals surface area (Å²) in [5, 5.41) is 14.1. The molecule has 2 aromatic heterocycles. The van der Waals surface area contributed by atoms with Crippen molar-refractivity contribution in [1.82, 2.24) is 20.0 Å². The Bertz CT molecular complexity index is 618. The third kappa shape index (κ3) is 2.78. The Morgan fingerprint density at radius 3 is 3.00 bits per heavy atom. The monoisotopic (exact) mass is 279 g/mol. The summed E-state index contributed by atoms with van der Waals surface area (Å²) < 4.78 is 1.49. The number of nitrogens with one attached hydrogen (secondary N) is 2. The van der Waals surface area contributed by atoms with Crippen LogP contribution in [0.2, 0.25) is 5.02 Å². The molecule has 100 valence electrons.